The van der Waals surface area contributed by atoms with Gasteiger partial charge < -0.3 is 14.8 Å². The molecule has 1 aliphatic rings. The Kier molecular flexibility index (Phi) is 6.90. The standard InChI is InChI=1S/C17H29N3O2/c1-13(2)17-19-15(12-16(20-17)22-11-10-21-3)18-14-8-6-4-5-7-9-14/h12-14H,4-11H2,1-3H3,(H,18,19,20). The molecule has 1 aromatic rings. The van der Waals surface area contributed by atoms with Gasteiger partial charge in [0.25, 0.3) is 0 Å². The minimum Gasteiger partial charge on any atom is -0.475 e. The Morgan fingerprint density at radius 3 is 2.50 bits per heavy atom. The van der Waals surface area contributed by atoms with Crippen LogP contribution in [0.3, 0.4) is 0 Å². The average molecular weight is 307 g/mol. The number of hydrogen-bond acceptors (Lipinski definition) is 5. The molecular weight excluding hydrogens is 278 g/mol. The fraction of sp³-hybridized carbons (Fsp3) is 0.765. The first-order valence-corrected chi connectivity index (χ1v) is 8.46. The quantitative estimate of drug-likeness (QED) is 0.614. The van der Waals surface area contributed by atoms with Gasteiger partial charge in [0.2, 0.25) is 5.88 Å². The second-order valence-corrected chi connectivity index (χ2v) is 6.28. The zero-order chi connectivity index (χ0) is 15.8. The van der Waals surface area contributed by atoms with Gasteiger partial charge in [-0.1, -0.05) is 39.5 Å². The van der Waals surface area contributed by atoms with Crippen LogP contribution in [-0.2, 0) is 4.74 Å². The molecule has 1 N–H and O–H groups in total. The van der Waals surface area contributed by atoms with Crippen LogP contribution in [-0.4, -0.2) is 36.3 Å². The second-order valence-electron chi connectivity index (χ2n) is 6.28. The van der Waals surface area contributed by atoms with E-state index in [2.05, 4.69) is 29.1 Å². The van der Waals surface area contributed by atoms with Crippen molar-refractivity contribution in [1.29, 1.82) is 0 Å². The number of nitrogens with zero attached hydrogens (tertiary/aromatic N) is 2. The summed E-state index contributed by atoms with van der Waals surface area (Å²) in [5.74, 6) is 2.62. The first-order chi connectivity index (χ1) is 10.7. The number of anilines is 1. The molecule has 0 radical (unpaired) electrons. The zero-order valence-electron chi connectivity index (χ0n) is 14.1. The van der Waals surface area contributed by atoms with Crippen molar-refractivity contribution < 1.29 is 9.47 Å². The molecule has 0 bridgehead atoms. The van der Waals surface area contributed by atoms with Crippen LogP contribution in [0.5, 0.6) is 5.88 Å². The van der Waals surface area contributed by atoms with Gasteiger partial charge in [0.15, 0.2) is 0 Å². The lowest BCUT2D eigenvalue weighted by molar-refractivity contribution is 0.143. The summed E-state index contributed by atoms with van der Waals surface area (Å²) in [5.41, 5.74) is 0. The molecule has 0 aromatic carbocycles. The summed E-state index contributed by atoms with van der Waals surface area (Å²) >= 11 is 0. The van der Waals surface area contributed by atoms with E-state index in [9.17, 15) is 0 Å². The Labute approximate surface area is 133 Å². The predicted molar refractivity (Wildman–Crippen MR) is 88.6 cm³/mol. The van der Waals surface area contributed by atoms with E-state index in [1.807, 2.05) is 6.07 Å². The fourth-order valence-electron chi connectivity index (χ4n) is 2.71. The smallest absolute Gasteiger partial charge is 0.218 e. The monoisotopic (exact) mass is 307 g/mol. The minimum atomic E-state index is 0.278. The van der Waals surface area contributed by atoms with Gasteiger partial charge in [-0.15, -0.1) is 0 Å². The van der Waals surface area contributed by atoms with Crippen LogP contribution in [0.2, 0.25) is 0 Å². The first-order valence-electron chi connectivity index (χ1n) is 8.46. The maximum absolute atomic E-state index is 5.68. The van der Waals surface area contributed by atoms with Crippen molar-refractivity contribution in [2.75, 3.05) is 25.6 Å². The summed E-state index contributed by atoms with van der Waals surface area (Å²) < 4.78 is 10.7. The van der Waals surface area contributed by atoms with Crippen LogP contribution in [0.25, 0.3) is 0 Å². The summed E-state index contributed by atoms with van der Waals surface area (Å²) in [5, 5.41) is 3.58. The number of nitrogens with one attached hydrogen (secondary N) is 1. The molecule has 0 spiro atoms. The van der Waals surface area contributed by atoms with Crippen LogP contribution >= 0.6 is 0 Å². The fourth-order valence-corrected chi connectivity index (χ4v) is 2.71. The van der Waals surface area contributed by atoms with Crippen LogP contribution < -0.4 is 10.1 Å². The van der Waals surface area contributed by atoms with Gasteiger partial charge >= 0.3 is 0 Å². The van der Waals surface area contributed by atoms with Crippen molar-refractivity contribution in [3.05, 3.63) is 11.9 Å². The number of ether oxygens (including phenoxy) is 2. The van der Waals surface area contributed by atoms with Crippen molar-refractivity contribution in [3.63, 3.8) is 0 Å². The van der Waals surface area contributed by atoms with Crippen LogP contribution in [0.1, 0.15) is 64.1 Å². The molecule has 0 unspecified atom stereocenters. The van der Waals surface area contributed by atoms with E-state index < -0.39 is 0 Å². The summed E-state index contributed by atoms with van der Waals surface area (Å²) in [6, 6.07) is 2.43. The van der Waals surface area contributed by atoms with Gasteiger partial charge in [-0.3, -0.25) is 0 Å². The summed E-state index contributed by atoms with van der Waals surface area (Å²) in [6.45, 7) is 5.27. The minimum absolute atomic E-state index is 0.278. The first kappa shape index (κ1) is 17.0. The summed E-state index contributed by atoms with van der Waals surface area (Å²) in [7, 11) is 1.67. The van der Waals surface area contributed by atoms with E-state index in [0.29, 0.717) is 25.1 Å². The van der Waals surface area contributed by atoms with Gasteiger partial charge in [0.1, 0.15) is 18.2 Å². The Bertz CT molecular complexity index is 444. The highest BCUT2D eigenvalue weighted by Gasteiger charge is 2.15. The molecule has 1 fully saturated rings. The van der Waals surface area contributed by atoms with Gasteiger partial charge in [0.05, 0.1) is 6.61 Å². The number of rotatable bonds is 7. The van der Waals surface area contributed by atoms with E-state index in [1.165, 1.54) is 38.5 Å². The lowest BCUT2D eigenvalue weighted by atomic mass is 10.1. The Morgan fingerprint density at radius 1 is 1.14 bits per heavy atom. The lowest BCUT2D eigenvalue weighted by Crippen LogP contribution is -2.20. The van der Waals surface area contributed by atoms with Crippen LogP contribution in [0, 0.1) is 0 Å². The highest BCUT2D eigenvalue weighted by molar-refractivity contribution is 5.40. The number of methoxy groups -OCH3 is 1. The average Bonchev–Trinajstić information content (AvgIpc) is 2.76. The Morgan fingerprint density at radius 2 is 1.86 bits per heavy atom. The van der Waals surface area contributed by atoms with Crippen molar-refractivity contribution in [2.45, 2.75) is 64.3 Å². The second kappa shape index (κ2) is 8.93. The third-order valence-corrected chi connectivity index (χ3v) is 3.98. The van der Waals surface area contributed by atoms with E-state index in [-0.39, 0.29) is 5.92 Å². The number of aromatic nitrogens is 2. The molecular formula is C17H29N3O2. The molecule has 0 atom stereocenters. The zero-order valence-corrected chi connectivity index (χ0v) is 14.1. The SMILES string of the molecule is COCCOc1cc(NC2CCCCCC2)nc(C(C)C)n1. The molecule has 5 heteroatoms. The summed E-state index contributed by atoms with van der Waals surface area (Å²) in [6.07, 6.45) is 7.75. The molecule has 2 rings (SSSR count). The molecule has 1 saturated carbocycles. The normalized spacial score (nSPS) is 16.5. The van der Waals surface area contributed by atoms with Crippen LogP contribution in [0.15, 0.2) is 6.07 Å². The third-order valence-electron chi connectivity index (χ3n) is 3.98. The van der Waals surface area contributed by atoms with Crippen LogP contribution in [0.4, 0.5) is 5.82 Å². The van der Waals surface area contributed by atoms with Crippen molar-refractivity contribution in [3.8, 4) is 5.88 Å². The highest BCUT2D eigenvalue weighted by Crippen LogP contribution is 2.23. The maximum Gasteiger partial charge on any atom is 0.218 e. The summed E-state index contributed by atoms with van der Waals surface area (Å²) in [4.78, 5) is 9.14. The molecule has 1 aliphatic carbocycles. The molecule has 0 aliphatic heterocycles. The highest BCUT2D eigenvalue weighted by atomic mass is 16.5. The lowest BCUT2D eigenvalue weighted by Gasteiger charge is -2.18. The van der Waals surface area contributed by atoms with E-state index >= 15 is 0 Å². The molecule has 124 valence electrons. The molecule has 5 nitrogen and oxygen atoms in total. The molecule has 1 aromatic heterocycles. The number of hydrogen-bond donors (Lipinski definition) is 1. The molecule has 1 heterocycles. The maximum atomic E-state index is 5.68. The molecule has 0 amide bonds. The predicted octanol–water partition coefficient (Wildman–Crippen LogP) is 3.76. The van der Waals surface area contributed by atoms with Gasteiger partial charge in [-0.25, -0.2) is 4.98 Å². The van der Waals surface area contributed by atoms with E-state index in [0.717, 1.165) is 11.6 Å². The van der Waals surface area contributed by atoms with E-state index in [4.69, 9.17) is 9.47 Å². The van der Waals surface area contributed by atoms with Gasteiger partial charge in [0, 0.05) is 25.1 Å². The molecule has 0 saturated heterocycles. The van der Waals surface area contributed by atoms with Gasteiger partial charge in [-0.05, 0) is 12.8 Å². The third kappa shape index (κ3) is 5.44. The largest absolute Gasteiger partial charge is 0.475 e. The Balaban J connectivity index is 2.07. The van der Waals surface area contributed by atoms with Gasteiger partial charge in [-0.2, -0.15) is 4.98 Å². The van der Waals surface area contributed by atoms with E-state index in [1.54, 1.807) is 7.11 Å². The van der Waals surface area contributed by atoms with Crippen molar-refractivity contribution >= 4 is 5.82 Å². The molecule has 22 heavy (non-hydrogen) atoms. The van der Waals surface area contributed by atoms with Crippen molar-refractivity contribution in [2.24, 2.45) is 0 Å². The topological polar surface area (TPSA) is 56.3 Å². The van der Waals surface area contributed by atoms with Crippen molar-refractivity contribution in [1.82, 2.24) is 9.97 Å². The Hall–Kier alpha value is -1.36.